The average Bonchev–Trinajstić information content (AvgIpc) is 3.17. The fourth-order valence-electron chi connectivity index (χ4n) is 5.93. The van der Waals surface area contributed by atoms with Crippen LogP contribution in [0.3, 0.4) is 0 Å². The summed E-state index contributed by atoms with van der Waals surface area (Å²) in [5, 5.41) is 0. The lowest BCUT2D eigenvalue weighted by Crippen LogP contribution is -2.37. The number of allylic oxidation sites excluding steroid dienone is 10. The van der Waals surface area contributed by atoms with Gasteiger partial charge in [-0.15, -0.1) is 0 Å². The number of quaternary nitrogens is 1. The van der Waals surface area contributed by atoms with E-state index in [9.17, 15) is 19.0 Å². The first-order valence-electron chi connectivity index (χ1n) is 23.0. The molecule has 0 aromatic rings. The Morgan fingerprint density at radius 1 is 0.552 bits per heavy atom. The van der Waals surface area contributed by atoms with E-state index in [1.54, 1.807) is 0 Å². The van der Waals surface area contributed by atoms with Crippen LogP contribution in [0.2, 0.25) is 0 Å². The lowest BCUT2D eigenvalue weighted by molar-refractivity contribution is -0.870. The molecule has 336 valence electrons. The van der Waals surface area contributed by atoms with Crippen LogP contribution in [0.15, 0.2) is 60.8 Å². The highest BCUT2D eigenvalue weighted by Crippen LogP contribution is 2.38. The molecule has 0 bridgehead atoms. The molecule has 2 atom stereocenters. The minimum atomic E-state index is -4.64. The SMILES string of the molecule is CC/C=C\C/C=C\C/C=C\CCCCCC(=O)OC(COC(=O)CCCCCCCCCCC/C=C\C/C=C\CCCCCCC)COP(=O)([O-])OCC[N+](C)(C)C. The Morgan fingerprint density at radius 3 is 1.48 bits per heavy atom. The molecule has 0 aromatic carbocycles. The molecule has 0 aromatic heterocycles. The molecular weight excluding hydrogens is 750 g/mol. The summed E-state index contributed by atoms with van der Waals surface area (Å²) < 4.78 is 33.9. The van der Waals surface area contributed by atoms with Crippen LogP contribution in [-0.4, -0.2) is 70.0 Å². The van der Waals surface area contributed by atoms with Crippen LogP contribution in [0.5, 0.6) is 0 Å². The maximum atomic E-state index is 12.6. The molecule has 0 rings (SSSR count). The van der Waals surface area contributed by atoms with Crippen molar-refractivity contribution in [2.24, 2.45) is 0 Å². The molecule has 0 radical (unpaired) electrons. The number of rotatable bonds is 41. The first kappa shape index (κ1) is 55.7. The van der Waals surface area contributed by atoms with Crippen LogP contribution >= 0.6 is 7.82 Å². The predicted octanol–water partition coefficient (Wildman–Crippen LogP) is 12.6. The van der Waals surface area contributed by atoms with Crippen molar-refractivity contribution in [3.8, 4) is 0 Å². The zero-order valence-electron chi connectivity index (χ0n) is 37.7. The van der Waals surface area contributed by atoms with Gasteiger partial charge in [-0.1, -0.05) is 152 Å². The van der Waals surface area contributed by atoms with Crippen molar-refractivity contribution in [1.82, 2.24) is 0 Å². The van der Waals surface area contributed by atoms with Gasteiger partial charge in [0.15, 0.2) is 6.10 Å². The Hall–Kier alpha value is -2.29. The highest BCUT2D eigenvalue weighted by Gasteiger charge is 2.21. The van der Waals surface area contributed by atoms with E-state index in [0.29, 0.717) is 17.4 Å². The quantitative estimate of drug-likeness (QED) is 0.0197. The smallest absolute Gasteiger partial charge is 0.306 e. The largest absolute Gasteiger partial charge is 0.756 e. The zero-order valence-corrected chi connectivity index (χ0v) is 38.6. The lowest BCUT2D eigenvalue weighted by atomic mass is 10.1. The monoisotopic (exact) mass is 836 g/mol. The maximum absolute atomic E-state index is 12.6. The van der Waals surface area contributed by atoms with Gasteiger partial charge in [-0.2, -0.15) is 0 Å². The van der Waals surface area contributed by atoms with Gasteiger partial charge in [0.25, 0.3) is 7.82 Å². The summed E-state index contributed by atoms with van der Waals surface area (Å²) in [5.74, 6) is -0.877. The first-order valence-corrected chi connectivity index (χ1v) is 24.5. The molecule has 0 spiro atoms. The third-order valence-corrected chi connectivity index (χ3v) is 10.5. The van der Waals surface area contributed by atoms with Crippen LogP contribution in [-0.2, 0) is 32.7 Å². The second-order valence-electron chi connectivity index (χ2n) is 16.4. The highest BCUT2D eigenvalue weighted by atomic mass is 31.2. The van der Waals surface area contributed by atoms with Crippen molar-refractivity contribution in [2.45, 2.75) is 187 Å². The van der Waals surface area contributed by atoms with Crippen molar-refractivity contribution in [3.05, 3.63) is 60.8 Å². The highest BCUT2D eigenvalue weighted by molar-refractivity contribution is 7.45. The van der Waals surface area contributed by atoms with E-state index in [0.717, 1.165) is 77.0 Å². The minimum absolute atomic E-state index is 0.0398. The van der Waals surface area contributed by atoms with Crippen molar-refractivity contribution in [1.29, 1.82) is 0 Å². The molecule has 0 fully saturated rings. The van der Waals surface area contributed by atoms with E-state index in [4.69, 9.17) is 18.5 Å². The standard InChI is InChI=1S/C48H86NO8P/c1-6-8-10-12-14-16-18-20-21-22-23-24-25-26-27-29-30-32-34-36-38-40-47(50)54-44-46(45-56-58(52,53)55-43-42-49(3,4)5)57-48(51)41-39-37-35-33-31-28-19-17-15-13-11-9-7-2/h9,11,15,17-18,20,22-23,28,31,46H,6-8,10,12-14,16,19,21,24-27,29-30,32-45H2,1-5H3/b11-9-,17-15-,20-18-,23-22-,31-28-. The third-order valence-electron chi connectivity index (χ3n) is 9.52. The summed E-state index contributed by atoms with van der Waals surface area (Å²) in [4.78, 5) is 37.5. The van der Waals surface area contributed by atoms with E-state index in [1.165, 1.54) is 70.6 Å². The summed E-state index contributed by atoms with van der Waals surface area (Å²) in [5.41, 5.74) is 0. The summed E-state index contributed by atoms with van der Waals surface area (Å²) in [6, 6.07) is 0. The van der Waals surface area contributed by atoms with Gasteiger partial charge in [0, 0.05) is 12.8 Å². The van der Waals surface area contributed by atoms with E-state index in [2.05, 4.69) is 74.6 Å². The van der Waals surface area contributed by atoms with Crippen molar-refractivity contribution < 1.29 is 42.1 Å². The Bertz CT molecular complexity index is 1170. The van der Waals surface area contributed by atoms with Gasteiger partial charge >= 0.3 is 11.9 Å². The maximum Gasteiger partial charge on any atom is 0.306 e. The molecule has 0 aliphatic carbocycles. The van der Waals surface area contributed by atoms with Gasteiger partial charge < -0.3 is 27.9 Å². The molecule has 0 saturated carbocycles. The number of phosphoric ester groups is 1. The number of phosphoric acid groups is 1. The second kappa shape index (κ2) is 40.1. The van der Waals surface area contributed by atoms with E-state index < -0.39 is 32.5 Å². The average molecular weight is 836 g/mol. The number of esters is 2. The molecule has 10 heteroatoms. The number of unbranched alkanes of at least 4 members (excludes halogenated alkanes) is 17. The Kier molecular flexibility index (Phi) is 38.5. The predicted molar refractivity (Wildman–Crippen MR) is 240 cm³/mol. The molecule has 0 amide bonds. The molecule has 0 aliphatic rings. The topological polar surface area (TPSA) is 111 Å². The van der Waals surface area contributed by atoms with Crippen molar-refractivity contribution >= 4 is 19.8 Å². The van der Waals surface area contributed by atoms with Crippen LogP contribution in [0, 0.1) is 0 Å². The van der Waals surface area contributed by atoms with Gasteiger partial charge in [-0.05, 0) is 77.0 Å². The Balaban J connectivity index is 4.31. The number of ether oxygens (including phenoxy) is 2. The molecule has 58 heavy (non-hydrogen) atoms. The molecule has 0 heterocycles. The first-order chi connectivity index (χ1) is 28.0. The van der Waals surface area contributed by atoms with Gasteiger partial charge in [0.2, 0.25) is 0 Å². The second-order valence-corrected chi connectivity index (χ2v) is 17.8. The Morgan fingerprint density at radius 2 is 0.983 bits per heavy atom. The fraction of sp³-hybridized carbons (Fsp3) is 0.750. The van der Waals surface area contributed by atoms with Gasteiger partial charge in [0.1, 0.15) is 19.8 Å². The van der Waals surface area contributed by atoms with E-state index in [-0.39, 0.29) is 26.1 Å². The summed E-state index contributed by atoms with van der Waals surface area (Å²) >= 11 is 0. The van der Waals surface area contributed by atoms with E-state index >= 15 is 0 Å². The molecule has 0 N–H and O–H groups in total. The number of hydrogen-bond donors (Lipinski definition) is 0. The molecule has 0 saturated heterocycles. The van der Waals surface area contributed by atoms with Crippen LogP contribution < -0.4 is 4.89 Å². The van der Waals surface area contributed by atoms with Gasteiger partial charge in [-0.25, -0.2) is 0 Å². The third kappa shape index (κ3) is 43.3. The number of likely N-dealkylation sites (N-methyl/N-ethyl adjacent to an activating group) is 1. The zero-order chi connectivity index (χ0) is 42.8. The summed E-state index contributed by atoms with van der Waals surface area (Å²) in [6.07, 6.45) is 48.3. The summed E-state index contributed by atoms with van der Waals surface area (Å²) in [6.45, 7) is 4.05. The summed E-state index contributed by atoms with van der Waals surface area (Å²) in [7, 11) is 1.13. The van der Waals surface area contributed by atoms with Crippen LogP contribution in [0.4, 0.5) is 0 Å². The van der Waals surface area contributed by atoms with Crippen molar-refractivity contribution in [3.63, 3.8) is 0 Å². The van der Waals surface area contributed by atoms with Gasteiger partial charge in [0.05, 0.1) is 27.7 Å². The normalized spacial score (nSPS) is 14.1. The van der Waals surface area contributed by atoms with Crippen molar-refractivity contribution in [2.75, 3.05) is 47.5 Å². The van der Waals surface area contributed by atoms with Crippen LogP contribution in [0.25, 0.3) is 0 Å². The minimum Gasteiger partial charge on any atom is -0.756 e. The van der Waals surface area contributed by atoms with Gasteiger partial charge in [-0.3, -0.25) is 14.2 Å². The number of carbonyl (C=O) groups is 2. The Labute approximate surface area is 356 Å². The van der Waals surface area contributed by atoms with E-state index in [1.807, 2.05) is 21.1 Å². The molecule has 2 unspecified atom stereocenters. The molecular formula is C48H86NO8P. The number of hydrogen-bond acceptors (Lipinski definition) is 8. The number of nitrogens with zero attached hydrogens (tertiary/aromatic N) is 1. The molecule has 9 nitrogen and oxygen atoms in total. The number of carbonyl (C=O) groups excluding carboxylic acids is 2. The lowest BCUT2D eigenvalue weighted by Gasteiger charge is -2.28. The fourth-order valence-corrected chi connectivity index (χ4v) is 6.66. The van der Waals surface area contributed by atoms with Crippen LogP contribution in [0.1, 0.15) is 181 Å². The molecule has 0 aliphatic heterocycles.